The first-order chi connectivity index (χ1) is 21.7. The van der Waals surface area contributed by atoms with Crippen LogP contribution in [0.2, 0.25) is 0 Å². The number of carboxylic acids is 1. The van der Waals surface area contributed by atoms with E-state index >= 15 is 0 Å². The Labute approximate surface area is 257 Å². The lowest BCUT2D eigenvalue weighted by Crippen LogP contribution is -2.80. The molecule has 0 spiro atoms. The molecule has 0 aliphatic heterocycles. The number of rotatable bonds is 15. The molecular weight excluding hydrogens is 863 g/mol. The Bertz CT molecular complexity index is 1350. The maximum absolute atomic E-state index is 13.7. The molecule has 2 nitrogen and oxygen atoms in total. The summed E-state index contributed by atoms with van der Waals surface area (Å²) in [5.41, 5.74) is 0. The normalized spacial score (nSPS) is 17.1. The third-order valence-corrected chi connectivity index (χ3v) is 6.13. The number of alkyl halides is 33. The number of aliphatic carboxylic acids is 1. The van der Waals surface area contributed by atoms with Crippen LogP contribution < -0.4 is 5.11 Å². The fourth-order valence-corrected chi connectivity index (χ4v) is 2.87. The standard InChI is InChI=1S/C17HF33O2/c18-2(19,1(51)52)3(20,21)4(22,23)5(24,25)6(26,27)7(28,29)8(30,31)9(32,33)10(34,35)11(36,37)12(38,39)13(40,41)14(42,43)15(44,45)16(46,47)17(48,49)50/h(H,51,52)/p-1. The summed E-state index contributed by atoms with van der Waals surface area (Å²) in [6.07, 6.45) is -8.41. The van der Waals surface area contributed by atoms with E-state index < -0.39 is 101 Å². The van der Waals surface area contributed by atoms with Crippen molar-refractivity contribution in [3.05, 3.63) is 0 Å². The van der Waals surface area contributed by atoms with Gasteiger partial charge in [0, 0.05) is 0 Å². The topological polar surface area (TPSA) is 40.1 Å². The second-order valence-corrected chi connectivity index (χ2v) is 9.40. The van der Waals surface area contributed by atoms with E-state index in [0.717, 1.165) is 0 Å². The molecule has 0 saturated heterocycles. The van der Waals surface area contributed by atoms with Gasteiger partial charge in [0.15, 0.2) is 0 Å². The van der Waals surface area contributed by atoms with Gasteiger partial charge in [-0.05, 0) is 0 Å². The highest BCUT2D eigenvalue weighted by atomic mass is 19.4. The lowest BCUT2D eigenvalue weighted by Gasteiger charge is -2.46. The van der Waals surface area contributed by atoms with Crippen LogP contribution in [-0.2, 0) is 4.79 Å². The number of carbonyl (C=O) groups is 1. The van der Waals surface area contributed by atoms with Crippen molar-refractivity contribution < 1.29 is 155 Å². The highest BCUT2D eigenvalue weighted by molar-refractivity contribution is 5.75. The minimum Gasteiger partial charge on any atom is -0.544 e. The second kappa shape index (κ2) is 11.6. The highest BCUT2D eigenvalue weighted by Gasteiger charge is 3.01. The van der Waals surface area contributed by atoms with E-state index in [9.17, 15) is 155 Å². The quantitative estimate of drug-likeness (QED) is 0.155. The van der Waals surface area contributed by atoms with Gasteiger partial charge in [-0.1, -0.05) is 0 Å². The first-order valence-corrected chi connectivity index (χ1v) is 10.6. The van der Waals surface area contributed by atoms with Gasteiger partial charge in [0.1, 0.15) is 5.97 Å². The predicted molar refractivity (Wildman–Crippen MR) is 85.3 cm³/mol. The Morgan fingerprint density at radius 3 is 0.462 bits per heavy atom. The molecule has 35 heteroatoms. The van der Waals surface area contributed by atoms with E-state index in [1.807, 2.05) is 0 Å². The number of hydrogen-bond donors (Lipinski definition) is 0. The largest absolute Gasteiger partial charge is 0.544 e. The predicted octanol–water partition coefficient (Wildman–Crippen LogP) is 8.83. The van der Waals surface area contributed by atoms with Crippen molar-refractivity contribution in [3.8, 4) is 0 Å². The highest BCUT2D eigenvalue weighted by Crippen LogP contribution is 2.69. The van der Waals surface area contributed by atoms with E-state index in [1.54, 1.807) is 0 Å². The van der Waals surface area contributed by atoms with Crippen LogP contribution in [0.5, 0.6) is 0 Å². The molecule has 0 atom stereocenters. The molecule has 0 heterocycles. The van der Waals surface area contributed by atoms with Gasteiger partial charge in [-0.25, -0.2) is 0 Å². The number of carboxylic acid groups (broad SMARTS) is 1. The maximum Gasteiger partial charge on any atom is 0.460 e. The Hall–Kier alpha value is -2.84. The maximum atomic E-state index is 13.7. The number of hydrogen-bond acceptors (Lipinski definition) is 2. The van der Waals surface area contributed by atoms with Gasteiger partial charge in [-0.2, -0.15) is 145 Å². The van der Waals surface area contributed by atoms with Gasteiger partial charge in [-0.3, -0.25) is 0 Å². The van der Waals surface area contributed by atoms with Gasteiger partial charge in [0.2, 0.25) is 0 Å². The van der Waals surface area contributed by atoms with Crippen LogP contribution in [-0.4, -0.2) is 101 Å². The molecule has 0 aromatic rings. The molecule has 0 unspecified atom stereocenters. The van der Waals surface area contributed by atoms with Crippen molar-refractivity contribution in [2.24, 2.45) is 0 Å². The van der Waals surface area contributed by atoms with Crippen LogP contribution >= 0.6 is 0 Å². The first kappa shape index (κ1) is 49.2. The summed E-state index contributed by atoms with van der Waals surface area (Å²) in [6.45, 7) is 0. The van der Waals surface area contributed by atoms with E-state index in [-0.39, 0.29) is 0 Å². The van der Waals surface area contributed by atoms with Gasteiger partial charge >= 0.3 is 95.0 Å². The molecule has 0 amide bonds. The van der Waals surface area contributed by atoms with Crippen molar-refractivity contribution >= 4 is 5.97 Å². The number of carbonyl (C=O) groups excluding carboxylic acids is 1. The zero-order valence-corrected chi connectivity index (χ0v) is 21.8. The molecule has 0 rings (SSSR count). The Kier molecular flexibility index (Phi) is 11.0. The minimum absolute atomic E-state index is 5.09. The third-order valence-electron chi connectivity index (χ3n) is 6.13. The fraction of sp³-hybridized carbons (Fsp3) is 0.941. The fourth-order valence-electron chi connectivity index (χ4n) is 2.87. The summed E-state index contributed by atoms with van der Waals surface area (Å²) < 4.78 is 439. The van der Waals surface area contributed by atoms with Crippen LogP contribution in [0.15, 0.2) is 0 Å². The summed E-state index contributed by atoms with van der Waals surface area (Å²) >= 11 is 0. The molecule has 0 bridgehead atoms. The summed E-state index contributed by atoms with van der Waals surface area (Å²) in [6, 6.07) is 0. The van der Waals surface area contributed by atoms with Crippen LogP contribution in [0.25, 0.3) is 0 Å². The van der Waals surface area contributed by atoms with Gasteiger partial charge in [0.05, 0.1) is 0 Å². The van der Waals surface area contributed by atoms with Crippen molar-refractivity contribution in [2.45, 2.75) is 95.0 Å². The molecule has 0 aromatic carbocycles. The monoisotopic (exact) mass is 863 g/mol. The van der Waals surface area contributed by atoms with Gasteiger partial charge < -0.3 is 9.90 Å². The zero-order chi connectivity index (χ0) is 43.6. The van der Waals surface area contributed by atoms with E-state index in [0.29, 0.717) is 0 Å². The Morgan fingerprint density at radius 2 is 0.346 bits per heavy atom. The van der Waals surface area contributed by atoms with Crippen LogP contribution in [0.3, 0.4) is 0 Å². The second-order valence-electron chi connectivity index (χ2n) is 9.40. The van der Waals surface area contributed by atoms with Crippen molar-refractivity contribution in [1.29, 1.82) is 0 Å². The van der Waals surface area contributed by atoms with E-state index in [1.165, 1.54) is 0 Å². The van der Waals surface area contributed by atoms with Crippen molar-refractivity contribution in [1.82, 2.24) is 0 Å². The van der Waals surface area contributed by atoms with E-state index in [4.69, 9.17) is 0 Å². The molecule has 312 valence electrons. The smallest absolute Gasteiger partial charge is 0.460 e. The summed E-state index contributed by atoms with van der Waals surface area (Å²) in [7, 11) is 0. The third kappa shape index (κ3) is 5.26. The minimum atomic E-state index is -10.3. The summed E-state index contributed by atoms with van der Waals surface area (Å²) in [5.74, 6) is -151. The van der Waals surface area contributed by atoms with Crippen molar-refractivity contribution in [2.75, 3.05) is 0 Å². The average molecular weight is 863 g/mol. The molecule has 0 saturated carbocycles. The summed E-state index contributed by atoms with van der Waals surface area (Å²) in [5, 5.41) is 9.83. The molecule has 0 aromatic heterocycles. The van der Waals surface area contributed by atoms with Crippen LogP contribution in [0.4, 0.5) is 145 Å². The molecule has 0 N–H and O–H groups in total. The Balaban J connectivity index is 7.76. The molecule has 0 aliphatic carbocycles. The molecule has 0 radical (unpaired) electrons. The Morgan fingerprint density at radius 1 is 0.231 bits per heavy atom. The van der Waals surface area contributed by atoms with Crippen LogP contribution in [0, 0.1) is 0 Å². The molecular formula is C17F33O2-. The van der Waals surface area contributed by atoms with E-state index in [2.05, 4.69) is 0 Å². The molecule has 52 heavy (non-hydrogen) atoms. The zero-order valence-electron chi connectivity index (χ0n) is 21.8. The van der Waals surface area contributed by atoms with Crippen molar-refractivity contribution in [3.63, 3.8) is 0 Å². The van der Waals surface area contributed by atoms with Gasteiger partial charge in [0.25, 0.3) is 0 Å². The molecule has 0 aliphatic rings. The lowest BCUT2D eigenvalue weighted by molar-refractivity contribution is -0.491. The van der Waals surface area contributed by atoms with Gasteiger partial charge in [-0.15, -0.1) is 0 Å². The molecule has 0 fully saturated rings. The number of halogens is 33. The summed E-state index contributed by atoms with van der Waals surface area (Å²) in [4.78, 5) is 9.83. The van der Waals surface area contributed by atoms with Crippen LogP contribution in [0.1, 0.15) is 0 Å². The lowest BCUT2D eigenvalue weighted by atomic mass is 9.82. The first-order valence-electron chi connectivity index (χ1n) is 10.6. The average Bonchev–Trinajstić information content (AvgIpc) is 2.90. The SMILES string of the molecule is O=C([O-])C(F)(F)C(F)(F)C(F)(F)C(F)(F)C(F)(F)C(F)(F)C(F)(F)C(F)(F)C(F)(F)C(F)(F)C(F)(F)C(F)(F)C(F)(F)C(F)(F)C(F)(F)C(F)(F)F.